The smallest absolute Gasteiger partial charge is 0.243 e. The van der Waals surface area contributed by atoms with Gasteiger partial charge in [-0.15, -0.1) is 0 Å². The van der Waals surface area contributed by atoms with Gasteiger partial charge in [0.25, 0.3) is 0 Å². The predicted octanol–water partition coefficient (Wildman–Crippen LogP) is 6.32. The lowest BCUT2D eigenvalue weighted by Gasteiger charge is -2.40. The minimum absolute atomic E-state index is 0.00899. The first-order valence-corrected chi connectivity index (χ1v) is 16.7. The highest BCUT2D eigenvalue weighted by Crippen LogP contribution is 2.51. The van der Waals surface area contributed by atoms with Gasteiger partial charge in [-0.2, -0.15) is 4.31 Å². The molecule has 4 aromatic rings. The summed E-state index contributed by atoms with van der Waals surface area (Å²) in [6.07, 6.45) is 5.28. The Morgan fingerprint density at radius 3 is 2.20 bits per heavy atom. The van der Waals surface area contributed by atoms with Crippen molar-refractivity contribution in [3.8, 4) is 11.5 Å². The van der Waals surface area contributed by atoms with Crippen LogP contribution in [0.25, 0.3) is 0 Å². The monoisotopic (exact) mass is 607 g/mol. The largest absolute Gasteiger partial charge is 0.504 e. The summed E-state index contributed by atoms with van der Waals surface area (Å²) in [6.45, 7) is 2.16. The number of phenolic OH excluding ortho intramolecular Hbond substituents is 1. The van der Waals surface area contributed by atoms with Crippen LogP contribution in [0.5, 0.6) is 11.5 Å². The summed E-state index contributed by atoms with van der Waals surface area (Å²) in [5.41, 5.74) is 5.40. The highest BCUT2D eigenvalue weighted by Gasteiger charge is 2.39. The second-order valence-electron chi connectivity index (χ2n) is 11.8. The van der Waals surface area contributed by atoms with E-state index in [4.69, 9.17) is 4.74 Å². The van der Waals surface area contributed by atoms with E-state index in [2.05, 4.69) is 70.9 Å². The molecule has 0 spiro atoms. The van der Waals surface area contributed by atoms with Gasteiger partial charge in [0.15, 0.2) is 11.5 Å². The van der Waals surface area contributed by atoms with Crippen molar-refractivity contribution >= 4 is 15.7 Å². The van der Waals surface area contributed by atoms with Gasteiger partial charge in [0.1, 0.15) is 0 Å². The average Bonchev–Trinajstić information content (AvgIpc) is 3.57. The van der Waals surface area contributed by atoms with Crippen LogP contribution in [0.4, 0.5) is 5.69 Å². The third-order valence-electron chi connectivity index (χ3n) is 9.40. The zero-order valence-corrected chi connectivity index (χ0v) is 25.5. The van der Waals surface area contributed by atoms with Gasteiger partial charge in [-0.05, 0) is 64.9 Å². The molecule has 0 radical (unpaired) electrons. The molecule has 8 heteroatoms. The number of piperazine rings is 1. The summed E-state index contributed by atoms with van der Waals surface area (Å²) in [4.78, 5) is 2.73. The molecular formula is C36H37N3O4S. The Morgan fingerprint density at radius 2 is 1.55 bits per heavy atom. The van der Waals surface area contributed by atoms with Gasteiger partial charge >= 0.3 is 0 Å². The Morgan fingerprint density at radius 1 is 0.864 bits per heavy atom. The van der Waals surface area contributed by atoms with Crippen molar-refractivity contribution in [3.05, 3.63) is 131 Å². The van der Waals surface area contributed by atoms with E-state index >= 15 is 0 Å². The maximum atomic E-state index is 14.0. The molecule has 0 saturated carbocycles. The first-order chi connectivity index (χ1) is 21.4. The minimum Gasteiger partial charge on any atom is -0.504 e. The Kier molecular flexibility index (Phi) is 7.66. The standard InChI is InChI=1S/C36H37N3O4S/c1-43-34-23-27(15-18-33(34)40)35-30-14-8-13-29(30)31-24-28(16-17-32(31)37-35)44(41,42)39-21-19-38(20-22-39)36(25-9-4-2-5-10-25)26-11-6-3-7-12-26/h2-13,15-18,23-24,29-30,35-37,40H,14,19-22H2,1H3. The van der Waals surface area contributed by atoms with Crippen LogP contribution in [-0.4, -0.2) is 56.0 Å². The molecule has 4 aromatic carbocycles. The molecule has 3 atom stereocenters. The summed E-state index contributed by atoms with van der Waals surface area (Å²) in [7, 11) is -2.12. The van der Waals surface area contributed by atoms with Crippen LogP contribution in [0.2, 0.25) is 0 Å². The first kappa shape index (κ1) is 28.6. The molecule has 2 N–H and O–H groups in total. The number of aromatic hydroxyl groups is 1. The van der Waals surface area contributed by atoms with E-state index in [-0.39, 0.29) is 29.7 Å². The van der Waals surface area contributed by atoms with Gasteiger partial charge in [-0.3, -0.25) is 4.90 Å². The molecule has 2 heterocycles. The highest BCUT2D eigenvalue weighted by molar-refractivity contribution is 7.89. The van der Waals surface area contributed by atoms with E-state index in [1.54, 1.807) is 23.5 Å². The van der Waals surface area contributed by atoms with Crippen LogP contribution in [0, 0.1) is 5.92 Å². The highest BCUT2D eigenvalue weighted by atomic mass is 32.2. The fourth-order valence-corrected chi connectivity index (χ4v) is 8.64. The lowest BCUT2D eigenvalue weighted by atomic mass is 9.77. The quantitative estimate of drug-likeness (QED) is 0.239. The number of phenols is 1. The second-order valence-corrected chi connectivity index (χ2v) is 13.8. The SMILES string of the molecule is COc1cc(C2Nc3ccc(S(=O)(=O)N4CCN(C(c5ccccc5)c5ccccc5)CC4)cc3C3C=CCC32)ccc1O. The van der Waals surface area contributed by atoms with Crippen LogP contribution in [-0.2, 0) is 10.0 Å². The third kappa shape index (κ3) is 5.17. The Hall–Kier alpha value is -4.11. The van der Waals surface area contributed by atoms with E-state index in [0.717, 1.165) is 23.2 Å². The number of anilines is 1. The van der Waals surface area contributed by atoms with Gasteiger partial charge in [-0.25, -0.2) is 8.42 Å². The summed E-state index contributed by atoms with van der Waals surface area (Å²) < 4.78 is 35.0. The number of nitrogens with one attached hydrogen (secondary N) is 1. The van der Waals surface area contributed by atoms with Crippen LogP contribution in [0.1, 0.15) is 46.7 Å². The average molecular weight is 608 g/mol. The maximum Gasteiger partial charge on any atom is 0.243 e. The molecule has 1 saturated heterocycles. The number of fused-ring (bicyclic) bond motifs is 3. The number of hydrogen-bond donors (Lipinski definition) is 2. The molecule has 1 fully saturated rings. The third-order valence-corrected chi connectivity index (χ3v) is 11.3. The molecule has 0 bridgehead atoms. The van der Waals surface area contributed by atoms with E-state index in [1.165, 1.54) is 11.1 Å². The molecule has 0 aromatic heterocycles. The lowest BCUT2D eigenvalue weighted by molar-refractivity contribution is 0.156. The van der Waals surface area contributed by atoms with E-state index in [9.17, 15) is 13.5 Å². The number of sulfonamides is 1. The van der Waals surface area contributed by atoms with Crippen molar-refractivity contribution in [3.63, 3.8) is 0 Å². The van der Waals surface area contributed by atoms with Gasteiger partial charge in [0.05, 0.1) is 24.1 Å². The number of hydrogen-bond acceptors (Lipinski definition) is 6. The van der Waals surface area contributed by atoms with Crippen molar-refractivity contribution in [2.24, 2.45) is 5.92 Å². The van der Waals surface area contributed by atoms with Crippen molar-refractivity contribution in [1.29, 1.82) is 0 Å². The zero-order valence-electron chi connectivity index (χ0n) is 24.7. The summed E-state index contributed by atoms with van der Waals surface area (Å²) in [5.74, 6) is 0.879. The Balaban J connectivity index is 1.12. The molecule has 44 heavy (non-hydrogen) atoms. The Bertz CT molecular complexity index is 1730. The van der Waals surface area contributed by atoms with Crippen molar-refractivity contribution < 1.29 is 18.3 Å². The topological polar surface area (TPSA) is 82.1 Å². The number of nitrogens with zero attached hydrogens (tertiary/aromatic N) is 2. The van der Waals surface area contributed by atoms with Crippen LogP contribution < -0.4 is 10.1 Å². The zero-order chi connectivity index (χ0) is 30.3. The fourth-order valence-electron chi connectivity index (χ4n) is 7.19. The number of allylic oxidation sites excluding steroid dienone is 2. The molecule has 226 valence electrons. The Labute approximate surface area is 259 Å². The van der Waals surface area contributed by atoms with E-state index < -0.39 is 10.0 Å². The first-order valence-electron chi connectivity index (χ1n) is 15.2. The maximum absolute atomic E-state index is 14.0. The van der Waals surface area contributed by atoms with Gasteiger partial charge in [0, 0.05) is 37.8 Å². The van der Waals surface area contributed by atoms with Crippen LogP contribution in [0.15, 0.2) is 114 Å². The number of ether oxygens (including phenoxy) is 1. The number of rotatable bonds is 7. The molecule has 3 aliphatic rings. The summed E-state index contributed by atoms with van der Waals surface area (Å²) >= 11 is 0. The number of methoxy groups -OCH3 is 1. The van der Waals surface area contributed by atoms with Crippen molar-refractivity contribution in [2.45, 2.75) is 29.3 Å². The molecule has 3 unspecified atom stereocenters. The van der Waals surface area contributed by atoms with Crippen molar-refractivity contribution in [2.75, 3.05) is 38.6 Å². The van der Waals surface area contributed by atoms with E-state index in [1.807, 2.05) is 36.4 Å². The predicted molar refractivity (Wildman–Crippen MR) is 173 cm³/mol. The normalized spacial score (nSPS) is 21.9. The van der Waals surface area contributed by atoms with Crippen LogP contribution >= 0.6 is 0 Å². The van der Waals surface area contributed by atoms with Gasteiger partial charge in [-0.1, -0.05) is 78.9 Å². The molecule has 2 aliphatic heterocycles. The molecule has 0 amide bonds. The molecule has 7 nitrogen and oxygen atoms in total. The molecular weight excluding hydrogens is 570 g/mol. The molecule has 1 aliphatic carbocycles. The van der Waals surface area contributed by atoms with Gasteiger partial charge < -0.3 is 15.2 Å². The van der Waals surface area contributed by atoms with Crippen LogP contribution in [0.3, 0.4) is 0 Å². The summed E-state index contributed by atoms with van der Waals surface area (Å²) in [6, 6.07) is 32.0. The number of benzene rings is 4. The summed E-state index contributed by atoms with van der Waals surface area (Å²) in [5, 5.41) is 13.8. The minimum atomic E-state index is -3.67. The van der Waals surface area contributed by atoms with Crippen molar-refractivity contribution in [1.82, 2.24) is 9.21 Å². The van der Waals surface area contributed by atoms with Gasteiger partial charge in [0.2, 0.25) is 10.0 Å². The fraction of sp³-hybridized carbons (Fsp3) is 0.278. The second kappa shape index (κ2) is 11.8. The lowest BCUT2D eigenvalue weighted by Crippen LogP contribution is -2.49. The molecule has 7 rings (SSSR count). The van der Waals surface area contributed by atoms with E-state index in [0.29, 0.717) is 36.8 Å².